The van der Waals surface area contributed by atoms with Crippen LogP contribution in [0.5, 0.6) is 0 Å². The number of morpholine rings is 1. The van der Waals surface area contributed by atoms with E-state index in [2.05, 4.69) is 19.8 Å². The van der Waals surface area contributed by atoms with Crippen LogP contribution in [0.15, 0.2) is 4.90 Å². The van der Waals surface area contributed by atoms with Crippen LogP contribution < -0.4 is 4.72 Å². The van der Waals surface area contributed by atoms with E-state index in [1.54, 1.807) is 18.7 Å². The van der Waals surface area contributed by atoms with Gasteiger partial charge in [-0.3, -0.25) is 14.8 Å². The molecule has 1 fully saturated rings. The van der Waals surface area contributed by atoms with E-state index < -0.39 is 10.0 Å². The molecule has 0 unspecified atom stereocenters. The third-order valence-corrected chi connectivity index (χ3v) is 5.96. The molecule has 1 aliphatic heterocycles. The van der Waals surface area contributed by atoms with Gasteiger partial charge in [0.25, 0.3) is 0 Å². The number of aromatic nitrogens is 2. The van der Waals surface area contributed by atoms with Crippen molar-refractivity contribution in [3.8, 4) is 0 Å². The van der Waals surface area contributed by atoms with Crippen molar-refractivity contribution in [1.82, 2.24) is 24.7 Å². The molecule has 9 nitrogen and oxygen atoms in total. The van der Waals surface area contributed by atoms with Gasteiger partial charge in [-0.15, -0.1) is 0 Å². The highest BCUT2D eigenvalue weighted by Crippen LogP contribution is 2.15. The van der Waals surface area contributed by atoms with Crippen molar-refractivity contribution in [1.29, 1.82) is 0 Å². The summed E-state index contributed by atoms with van der Waals surface area (Å²) < 4.78 is 32.6. The van der Waals surface area contributed by atoms with Crippen LogP contribution in [0.4, 0.5) is 0 Å². The Morgan fingerprint density at radius 3 is 2.56 bits per heavy atom. The van der Waals surface area contributed by atoms with Gasteiger partial charge in [0.05, 0.1) is 24.6 Å². The third-order valence-electron chi connectivity index (χ3n) is 4.24. The molecule has 25 heavy (non-hydrogen) atoms. The molecule has 10 heteroatoms. The van der Waals surface area contributed by atoms with Gasteiger partial charge in [-0.2, -0.15) is 5.10 Å². The number of aryl methyl sites for hydroxylation is 2. The van der Waals surface area contributed by atoms with E-state index >= 15 is 0 Å². The van der Waals surface area contributed by atoms with E-state index in [1.165, 1.54) is 6.92 Å². The highest BCUT2D eigenvalue weighted by Gasteiger charge is 2.22. The molecule has 1 saturated heterocycles. The van der Waals surface area contributed by atoms with Crippen LogP contribution in [0.1, 0.15) is 18.3 Å². The molecule has 0 aromatic carbocycles. The van der Waals surface area contributed by atoms with E-state index in [1.807, 2.05) is 0 Å². The first-order chi connectivity index (χ1) is 11.8. The van der Waals surface area contributed by atoms with Crippen molar-refractivity contribution in [2.75, 3.05) is 52.5 Å². The van der Waals surface area contributed by atoms with Crippen molar-refractivity contribution in [2.45, 2.75) is 25.7 Å². The number of H-pyrrole nitrogens is 1. The zero-order valence-corrected chi connectivity index (χ0v) is 15.9. The van der Waals surface area contributed by atoms with Gasteiger partial charge < -0.3 is 9.64 Å². The van der Waals surface area contributed by atoms with Crippen LogP contribution in [0, 0.1) is 13.8 Å². The number of nitrogens with one attached hydrogen (secondary N) is 2. The fourth-order valence-corrected chi connectivity index (χ4v) is 4.22. The highest BCUT2D eigenvalue weighted by atomic mass is 32.2. The summed E-state index contributed by atoms with van der Waals surface area (Å²) in [5, 5.41) is 6.58. The Morgan fingerprint density at radius 1 is 1.32 bits per heavy atom. The number of hydrogen-bond donors (Lipinski definition) is 2. The molecule has 0 spiro atoms. The van der Waals surface area contributed by atoms with Gasteiger partial charge in [0.1, 0.15) is 4.90 Å². The average Bonchev–Trinajstić information content (AvgIpc) is 2.90. The highest BCUT2D eigenvalue weighted by molar-refractivity contribution is 7.89. The lowest BCUT2D eigenvalue weighted by molar-refractivity contribution is -0.129. The summed E-state index contributed by atoms with van der Waals surface area (Å²) in [6.07, 6.45) is 0. The number of ether oxygens (including phenoxy) is 1. The number of carbonyl (C=O) groups is 1. The smallest absolute Gasteiger partial charge is 0.244 e. The Balaban J connectivity index is 1.85. The normalized spacial score (nSPS) is 16.1. The number of carbonyl (C=O) groups excluding carboxylic acids is 1. The second-order valence-corrected chi connectivity index (χ2v) is 7.82. The van der Waals surface area contributed by atoms with Crippen LogP contribution in [0.25, 0.3) is 0 Å². The number of nitrogens with zero attached hydrogens (tertiary/aromatic N) is 3. The summed E-state index contributed by atoms with van der Waals surface area (Å²) in [6, 6.07) is 0. The predicted octanol–water partition coefficient (Wildman–Crippen LogP) is -0.514. The van der Waals surface area contributed by atoms with Crippen LogP contribution in [0.3, 0.4) is 0 Å². The van der Waals surface area contributed by atoms with Crippen molar-refractivity contribution in [2.24, 2.45) is 0 Å². The van der Waals surface area contributed by atoms with E-state index in [9.17, 15) is 13.2 Å². The molecule has 1 aliphatic rings. The SMILES string of the molecule is CC(=O)N(CCNS(=O)(=O)c1c(C)n[nH]c1C)CCN1CCOCC1. The molecule has 0 atom stereocenters. The number of aromatic amines is 1. The Kier molecular flexibility index (Phi) is 6.94. The zero-order valence-electron chi connectivity index (χ0n) is 15.0. The van der Waals surface area contributed by atoms with Crippen molar-refractivity contribution in [3.63, 3.8) is 0 Å². The molecular weight excluding hydrogens is 346 g/mol. The minimum atomic E-state index is -3.64. The first kappa shape index (κ1) is 19.8. The molecule has 1 aromatic heterocycles. The number of rotatable bonds is 8. The predicted molar refractivity (Wildman–Crippen MR) is 92.8 cm³/mol. The molecule has 2 heterocycles. The minimum Gasteiger partial charge on any atom is -0.379 e. The molecule has 0 saturated carbocycles. The quantitative estimate of drug-likeness (QED) is 0.635. The molecule has 1 aromatic rings. The van der Waals surface area contributed by atoms with Crippen molar-refractivity contribution >= 4 is 15.9 Å². The van der Waals surface area contributed by atoms with Gasteiger partial charge in [-0.05, 0) is 13.8 Å². The lowest BCUT2D eigenvalue weighted by atomic mass is 10.3. The Labute approximate surface area is 148 Å². The lowest BCUT2D eigenvalue weighted by Crippen LogP contribution is -2.44. The summed E-state index contributed by atoms with van der Waals surface area (Å²) in [6.45, 7) is 9.76. The minimum absolute atomic E-state index is 0.0665. The summed E-state index contributed by atoms with van der Waals surface area (Å²) in [4.78, 5) is 15.9. The second-order valence-electron chi connectivity index (χ2n) is 6.12. The van der Waals surface area contributed by atoms with Gasteiger partial charge in [-0.25, -0.2) is 13.1 Å². The number of hydrogen-bond acceptors (Lipinski definition) is 6. The molecule has 1 amide bonds. The van der Waals surface area contributed by atoms with Crippen LogP contribution in [-0.4, -0.2) is 86.8 Å². The molecule has 142 valence electrons. The molecule has 0 aliphatic carbocycles. The van der Waals surface area contributed by atoms with Gasteiger partial charge in [-0.1, -0.05) is 0 Å². The van der Waals surface area contributed by atoms with E-state index in [0.717, 1.165) is 19.6 Å². The van der Waals surface area contributed by atoms with E-state index in [-0.39, 0.29) is 17.3 Å². The van der Waals surface area contributed by atoms with Gasteiger partial charge in [0.2, 0.25) is 15.9 Å². The maximum Gasteiger partial charge on any atom is 0.244 e. The molecule has 2 rings (SSSR count). The van der Waals surface area contributed by atoms with Crippen molar-refractivity contribution in [3.05, 3.63) is 11.4 Å². The summed E-state index contributed by atoms with van der Waals surface area (Å²) in [5.74, 6) is -0.0665. The van der Waals surface area contributed by atoms with Crippen LogP contribution >= 0.6 is 0 Å². The monoisotopic (exact) mass is 373 g/mol. The van der Waals surface area contributed by atoms with E-state index in [0.29, 0.717) is 37.7 Å². The Morgan fingerprint density at radius 2 is 2.00 bits per heavy atom. The molecule has 0 radical (unpaired) electrons. The fraction of sp³-hybridized carbons (Fsp3) is 0.733. The van der Waals surface area contributed by atoms with Gasteiger partial charge >= 0.3 is 0 Å². The standard InChI is InChI=1S/C15H27N5O4S/c1-12-15(13(2)18-17-12)25(22,23)16-4-5-20(14(3)21)7-6-19-8-10-24-11-9-19/h16H,4-11H2,1-3H3,(H,17,18). The summed E-state index contributed by atoms with van der Waals surface area (Å²) in [7, 11) is -3.64. The maximum absolute atomic E-state index is 12.4. The van der Waals surface area contributed by atoms with Crippen LogP contribution in [0.2, 0.25) is 0 Å². The van der Waals surface area contributed by atoms with Gasteiger partial charge in [0, 0.05) is 46.2 Å². The zero-order chi connectivity index (χ0) is 18.4. The first-order valence-corrected chi connectivity index (χ1v) is 9.86. The Bertz CT molecular complexity index is 663. The number of amides is 1. The number of sulfonamides is 1. The fourth-order valence-electron chi connectivity index (χ4n) is 2.84. The maximum atomic E-state index is 12.4. The summed E-state index contributed by atoms with van der Waals surface area (Å²) >= 11 is 0. The van der Waals surface area contributed by atoms with E-state index in [4.69, 9.17) is 4.74 Å². The largest absolute Gasteiger partial charge is 0.379 e. The third kappa shape index (κ3) is 5.50. The molecule has 2 N–H and O–H groups in total. The average molecular weight is 373 g/mol. The Hall–Kier alpha value is -1.49. The van der Waals surface area contributed by atoms with Crippen molar-refractivity contribution < 1.29 is 17.9 Å². The molecular formula is C15H27N5O4S. The summed E-state index contributed by atoms with van der Waals surface area (Å²) in [5.41, 5.74) is 0.932. The second kappa shape index (κ2) is 8.75. The lowest BCUT2D eigenvalue weighted by Gasteiger charge is -2.29. The first-order valence-electron chi connectivity index (χ1n) is 8.38. The topological polar surface area (TPSA) is 108 Å². The van der Waals surface area contributed by atoms with Gasteiger partial charge in [0.15, 0.2) is 0 Å². The molecule has 0 bridgehead atoms. The van der Waals surface area contributed by atoms with Crippen LogP contribution in [-0.2, 0) is 19.6 Å².